The van der Waals surface area contributed by atoms with Crippen LogP contribution in [0, 0.1) is 11.6 Å². The molecule has 2 aromatic heterocycles. The Morgan fingerprint density at radius 1 is 1.29 bits per heavy atom. The highest BCUT2D eigenvalue weighted by atomic mass is 19.2. The van der Waals surface area contributed by atoms with E-state index in [-0.39, 0.29) is 17.4 Å². The molecule has 1 unspecified atom stereocenters. The van der Waals surface area contributed by atoms with Crippen LogP contribution in [0.1, 0.15) is 28.5 Å². The van der Waals surface area contributed by atoms with Crippen molar-refractivity contribution < 1.29 is 18.3 Å². The number of carbonyl (C=O) groups excluding carboxylic acids is 1. The van der Waals surface area contributed by atoms with Gasteiger partial charge in [0.25, 0.3) is 5.91 Å². The van der Waals surface area contributed by atoms with Gasteiger partial charge in [-0.15, -0.1) is 0 Å². The van der Waals surface area contributed by atoms with Crippen LogP contribution in [-0.2, 0) is 11.3 Å². The fourth-order valence-electron chi connectivity index (χ4n) is 3.66. The quantitative estimate of drug-likeness (QED) is 0.676. The minimum Gasteiger partial charge on any atom is -0.383 e. The van der Waals surface area contributed by atoms with Crippen molar-refractivity contribution in [2.45, 2.75) is 18.9 Å². The maximum atomic E-state index is 13.5. The molecule has 4 rings (SSSR count). The number of rotatable bonds is 5. The number of pyridine rings is 1. The van der Waals surface area contributed by atoms with Gasteiger partial charge in [-0.25, -0.2) is 18.7 Å². The maximum Gasteiger partial charge on any atom is 0.253 e. The molecule has 1 atom stereocenters. The SMILES string of the molecule is COCCn1c(C2CCN(C(=O)c3ccc(F)c(F)c3)C2)nc2cccnc21. The zero-order valence-electron chi connectivity index (χ0n) is 15.4. The number of hydrogen-bond acceptors (Lipinski definition) is 4. The van der Waals surface area contributed by atoms with E-state index < -0.39 is 11.6 Å². The van der Waals surface area contributed by atoms with Crippen LogP contribution in [0.25, 0.3) is 11.2 Å². The lowest BCUT2D eigenvalue weighted by Gasteiger charge is -2.17. The molecule has 1 aromatic carbocycles. The Bertz CT molecular complexity index is 1020. The number of carbonyl (C=O) groups is 1. The summed E-state index contributed by atoms with van der Waals surface area (Å²) in [4.78, 5) is 23.5. The lowest BCUT2D eigenvalue weighted by atomic mass is 10.1. The van der Waals surface area contributed by atoms with E-state index >= 15 is 0 Å². The van der Waals surface area contributed by atoms with E-state index in [4.69, 9.17) is 9.72 Å². The van der Waals surface area contributed by atoms with Gasteiger partial charge >= 0.3 is 0 Å². The highest BCUT2D eigenvalue weighted by molar-refractivity contribution is 5.94. The van der Waals surface area contributed by atoms with Crippen molar-refractivity contribution >= 4 is 17.1 Å². The molecule has 0 radical (unpaired) electrons. The zero-order valence-corrected chi connectivity index (χ0v) is 15.4. The lowest BCUT2D eigenvalue weighted by molar-refractivity contribution is 0.0789. The van der Waals surface area contributed by atoms with Gasteiger partial charge in [-0.3, -0.25) is 4.79 Å². The number of nitrogens with zero attached hydrogens (tertiary/aromatic N) is 4. The third kappa shape index (κ3) is 3.35. The molecule has 3 aromatic rings. The van der Waals surface area contributed by atoms with Crippen molar-refractivity contribution in [3.8, 4) is 0 Å². The molecule has 1 fully saturated rings. The average Bonchev–Trinajstić information content (AvgIpc) is 3.32. The Morgan fingerprint density at radius 3 is 2.93 bits per heavy atom. The summed E-state index contributed by atoms with van der Waals surface area (Å²) in [5, 5.41) is 0. The Hall–Kier alpha value is -2.87. The molecule has 3 heterocycles. The van der Waals surface area contributed by atoms with Crippen molar-refractivity contribution in [2.24, 2.45) is 0 Å². The normalized spacial score (nSPS) is 16.8. The fourth-order valence-corrected chi connectivity index (χ4v) is 3.66. The number of aromatic nitrogens is 3. The van der Waals surface area contributed by atoms with E-state index in [0.717, 1.165) is 35.5 Å². The third-order valence-corrected chi connectivity index (χ3v) is 5.06. The molecule has 0 saturated carbocycles. The summed E-state index contributed by atoms with van der Waals surface area (Å²) in [6.07, 6.45) is 2.47. The number of ether oxygens (including phenoxy) is 1. The smallest absolute Gasteiger partial charge is 0.253 e. The third-order valence-electron chi connectivity index (χ3n) is 5.06. The van der Waals surface area contributed by atoms with E-state index in [9.17, 15) is 13.6 Å². The number of benzene rings is 1. The maximum absolute atomic E-state index is 13.5. The number of hydrogen-bond donors (Lipinski definition) is 0. The monoisotopic (exact) mass is 386 g/mol. The van der Waals surface area contributed by atoms with Crippen LogP contribution >= 0.6 is 0 Å². The molecular weight excluding hydrogens is 366 g/mol. The predicted molar refractivity (Wildman–Crippen MR) is 99.0 cm³/mol. The summed E-state index contributed by atoms with van der Waals surface area (Å²) in [6.45, 7) is 2.14. The standard InChI is InChI=1S/C20H20F2N4O2/c1-28-10-9-26-18(24-17-3-2-7-23-19(17)26)14-6-8-25(12-14)20(27)13-4-5-15(21)16(22)11-13/h2-5,7,11,14H,6,8-10,12H2,1H3. The number of likely N-dealkylation sites (tertiary alicyclic amines) is 1. The van der Waals surface area contributed by atoms with Crippen molar-refractivity contribution in [3.63, 3.8) is 0 Å². The first kappa shape index (κ1) is 18.5. The fraction of sp³-hybridized carbons (Fsp3) is 0.350. The van der Waals surface area contributed by atoms with Gasteiger partial charge in [0, 0.05) is 44.4 Å². The van der Waals surface area contributed by atoms with Crippen LogP contribution in [0.4, 0.5) is 8.78 Å². The number of methoxy groups -OCH3 is 1. The van der Waals surface area contributed by atoms with Crippen LogP contribution in [0.2, 0.25) is 0 Å². The van der Waals surface area contributed by atoms with E-state index in [1.54, 1.807) is 18.2 Å². The minimum atomic E-state index is -1.02. The Labute approximate surface area is 160 Å². The van der Waals surface area contributed by atoms with E-state index in [0.29, 0.717) is 26.2 Å². The molecule has 6 nitrogen and oxygen atoms in total. The van der Waals surface area contributed by atoms with Crippen molar-refractivity contribution in [3.05, 3.63) is 59.6 Å². The van der Waals surface area contributed by atoms with E-state index in [1.807, 2.05) is 16.7 Å². The van der Waals surface area contributed by atoms with Gasteiger partial charge in [-0.05, 0) is 36.8 Å². The summed E-state index contributed by atoms with van der Waals surface area (Å²) >= 11 is 0. The van der Waals surface area contributed by atoms with Gasteiger partial charge in [-0.2, -0.15) is 0 Å². The van der Waals surface area contributed by atoms with E-state index in [1.165, 1.54) is 6.07 Å². The highest BCUT2D eigenvalue weighted by Gasteiger charge is 2.31. The summed E-state index contributed by atoms with van der Waals surface area (Å²) in [5.41, 5.74) is 1.74. The Morgan fingerprint density at radius 2 is 2.14 bits per heavy atom. The second-order valence-corrected chi connectivity index (χ2v) is 6.83. The average molecular weight is 386 g/mol. The number of amides is 1. The Balaban J connectivity index is 1.58. The zero-order chi connectivity index (χ0) is 19.7. The Kier molecular flexibility index (Phi) is 5.04. The molecule has 28 heavy (non-hydrogen) atoms. The molecule has 1 aliphatic heterocycles. The molecule has 1 saturated heterocycles. The molecule has 1 aliphatic rings. The van der Waals surface area contributed by atoms with Gasteiger partial charge in [-0.1, -0.05) is 0 Å². The molecule has 0 spiro atoms. The molecule has 146 valence electrons. The summed E-state index contributed by atoms with van der Waals surface area (Å²) in [6, 6.07) is 6.99. The van der Waals surface area contributed by atoms with Crippen LogP contribution in [0.15, 0.2) is 36.5 Å². The minimum absolute atomic E-state index is 0.0419. The topological polar surface area (TPSA) is 60.2 Å². The van der Waals surface area contributed by atoms with Gasteiger partial charge in [0.15, 0.2) is 17.3 Å². The predicted octanol–water partition coefficient (Wildman–Crippen LogP) is 2.99. The first-order valence-corrected chi connectivity index (χ1v) is 9.13. The summed E-state index contributed by atoms with van der Waals surface area (Å²) in [5.74, 6) is -1.38. The largest absolute Gasteiger partial charge is 0.383 e. The molecule has 8 heteroatoms. The van der Waals surface area contributed by atoms with Gasteiger partial charge < -0.3 is 14.2 Å². The highest BCUT2D eigenvalue weighted by Crippen LogP contribution is 2.30. The van der Waals surface area contributed by atoms with Gasteiger partial charge in [0.2, 0.25) is 0 Å². The first-order chi connectivity index (χ1) is 13.6. The molecule has 1 amide bonds. The molecule has 0 bridgehead atoms. The van der Waals surface area contributed by atoms with Crippen LogP contribution in [0.3, 0.4) is 0 Å². The van der Waals surface area contributed by atoms with Crippen LogP contribution in [-0.4, -0.2) is 52.1 Å². The first-order valence-electron chi connectivity index (χ1n) is 9.13. The summed E-state index contributed by atoms with van der Waals surface area (Å²) in [7, 11) is 1.64. The number of fused-ring (bicyclic) bond motifs is 1. The van der Waals surface area contributed by atoms with E-state index in [2.05, 4.69) is 4.98 Å². The number of halogens is 2. The molecular formula is C20H20F2N4O2. The van der Waals surface area contributed by atoms with Crippen LogP contribution in [0.5, 0.6) is 0 Å². The van der Waals surface area contributed by atoms with Crippen molar-refractivity contribution in [1.29, 1.82) is 0 Å². The second-order valence-electron chi connectivity index (χ2n) is 6.83. The second kappa shape index (κ2) is 7.63. The van der Waals surface area contributed by atoms with Crippen LogP contribution < -0.4 is 0 Å². The van der Waals surface area contributed by atoms with Crippen molar-refractivity contribution in [2.75, 3.05) is 26.8 Å². The van der Waals surface area contributed by atoms with Gasteiger partial charge in [0.05, 0.1) is 6.61 Å². The van der Waals surface area contributed by atoms with Gasteiger partial charge in [0.1, 0.15) is 11.3 Å². The summed E-state index contributed by atoms with van der Waals surface area (Å²) < 4.78 is 33.9. The molecule has 0 N–H and O–H groups in total. The lowest BCUT2D eigenvalue weighted by Crippen LogP contribution is -2.29. The molecule has 0 aliphatic carbocycles. The van der Waals surface area contributed by atoms with Crippen molar-refractivity contribution in [1.82, 2.24) is 19.4 Å². The number of imidazole rings is 1.